The summed E-state index contributed by atoms with van der Waals surface area (Å²) in [6, 6.07) is 5.80. The number of benzene rings is 1. The van der Waals surface area contributed by atoms with E-state index in [1.807, 2.05) is 18.2 Å². The first-order valence-corrected chi connectivity index (χ1v) is 7.80. The van der Waals surface area contributed by atoms with Crippen LogP contribution in [0, 0.1) is 6.92 Å². The molecule has 1 unspecified atom stereocenters. The highest BCUT2D eigenvalue weighted by molar-refractivity contribution is 9.09. The van der Waals surface area contributed by atoms with Crippen molar-refractivity contribution in [3.05, 3.63) is 55.7 Å². The van der Waals surface area contributed by atoms with Gasteiger partial charge in [0.05, 0.1) is 10.0 Å². The van der Waals surface area contributed by atoms with E-state index in [4.69, 9.17) is 23.2 Å². The van der Waals surface area contributed by atoms with E-state index >= 15 is 0 Å². The first-order chi connectivity index (χ1) is 8.08. The number of alkyl halides is 1. The normalized spacial score (nSPS) is 12.7. The average Bonchev–Trinajstić information content (AvgIpc) is 2.70. The van der Waals surface area contributed by atoms with Gasteiger partial charge >= 0.3 is 0 Å². The molecular formula is C13H11BrCl2S. The minimum Gasteiger partial charge on any atom is -0.152 e. The summed E-state index contributed by atoms with van der Waals surface area (Å²) in [5, 5.41) is 5.57. The average molecular weight is 350 g/mol. The third-order valence-electron chi connectivity index (χ3n) is 2.63. The van der Waals surface area contributed by atoms with E-state index in [-0.39, 0.29) is 0 Å². The number of rotatable bonds is 3. The Labute approximate surface area is 124 Å². The summed E-state index contributed by atoms with van der Waals surface area (Å²) in [7, 11) is 0. The Hall–Kier alpha value is -0.0200. The Morgan fingerprint density at radius 2 is 2.00 bits per heavy atom. The summed E-state index contributed by atoms with van der Waals surface area (Å²) >= 11 is 17.4. The molecule has 1 aromatic heterocycles. The molecule has 0 saturated heterocycles. The van der Waals surface area contributed by atoms with Crippen LogP contribution in [0.1, 0.15) is 21.5 Å². The van der Waals surface area contributed by atoms with Crippen molar-refractivity contribution < 1.29 is 0 Å². The Morgan fingerprint density at radius 1 is 1.24 bits per heavy atom. The van der Waals surface area contributed by atoms with Gasteiger partial charge in [0.2, 0.25) is 0 Å². The van der Waals surface area contributed by atoms with Gasteiger partial charge in [-0.3, -0.25) is 0 Å². The molecule has 0 saturated carbocycles. The van der Waals surface area contributed by atoms with E-state index in [1.54, 1.807) is 11.3 Å². The van der Waals surface area contributed by atoms with Gasteiger partial charge in [-0.2, -0.15) is 11.3 Å². The highest BCUT2D eigenvalue weighted by atomic mass is 79.9. The van der Waals surface area contributed by atoms with Crippen molar-refractivity contribution in [3.8, 4) is 0 Å². The quantitative estimate of drug-likeness (QED) is 0.592. The van der Waals surface area contributed by atoms with Gasteiger partial charge in [-0.15, -0.1) is 0 Å². The maximum atomic E-state index is 6.01. The molecular weight excluding hydrogens is 339 g/mol. The van der Waals surface area contributed by atoms with E-state index in [0.29, 0.717) is 14.9 Å². The van der Waals surface area contributed by atoms with Crippen molar-refractivity contribution >= 4 is 50.5 Å². The Morgan fingerprint density at radius 3 is 2.59 bits per heavy atom. The van der Waals surface area contributed by atoms with Crippen molar-refractivity contribution in [1.82, 2.24) is 0 Å². The van der Waals surface area contributed by atoms with E-state index < -0.39 is 0 Å². The van der Waals surface area contributed by atoms with Crippen LogP contribution < -0.4 is 0 Å². The molecule has 0 nitrogen and oxygen atoms in total. The first-order valence-electron chi connectivity index (χ1n) is 5.18. The minimum absolute atomic E-state index is 0.325. The fourth-order valence-corrected chi connectivity index (χ4v) is 3.94. The summed E-state index contributed by atoms with van der Waals surface area (Å²) in [5.41, 5.74) is 3.87. The molecule has 0 radical (unpaired) electrons. The molecule has 0 spiro atoms. The van der Waals surface area contributed by atoms with Crippen molar-refractivity contribution in [2.75, 3.05) is 0 Å². The number of aryl methyl sites for hydroxylation is 1. The SMILES string of the molecule is Cc1cscc1C(Br)Cc1ccc(Cl)c(Cl)c1. The standard InChI is InChI=1S/C13H11BrCl2S/c1-8-6-17-7-10(8)11(14)4-9-2-3-12(15)13(16)5-9/h2-3,5-7,11H,4H2,1H3. The Kier molecular flexibility index (Phi) is 4.53. The van der Waals surface area contributed by atoms with Crippen LogP contribution in [0.5, 0.6) is 0 Å². The predicted molar refractivity (Wildman–Crippen MR) is 80.9 cm³/mol. The molecule has 1 aromatic carbocycles. The van der Waals surface area contributed by atoms with Gasteiger partial charge < -0.3 is 0 Å². The van der Waals surface area contributed by atoms with Gasteiger partial charge in [-0.05, 0) is 52.9 Å². The largest absolute Gasteiger partial charge is 0.152 e. The van der Waals surface area contributed by atoms with E-state index in [0.717, 1.165) is 6.42 Å². The van der Waals surface area contributed by atoms with Crippen LogP contribution >= 0.6 is 50.5 Å². The van der Waals surface area contributed by atoms with Gasteiger partial charge in [0.15, 0.2) is 0 Å². The highest BCUT2D eigenvalue weighted by Crippen LogP contribution is 2.33. The van der Waals surface area contributed by atoms with Gasteiger partial charge in [-0.25, -0.2) is 0 Å². The maximum Gasteiger partial charge on any atom is 0.0595 e. The maximum absolute atomic E-state index is 6.01. The number of halogens is 3. The molecule has 2 rings (SSSR count). The lowest BCUT2D eigenvalue weighted by Gasteiger charge is -2.10. The summed E-state index contributed by atoms with van der Waals surface area (Å²) in [6.07, 6.45) is 0.911. The third-order valence-corrected chi connectivity index (χ3v) is 5.07. The van der Waals surface area contributed by atoms with Crippen molar-refractivity contribution in [2.24, 2.45) is 0 Å². The molecule has 2 aromatic rings. The van der Waals surface area contributed by atoms with Gasteiger partial charge in [0.1, 0.15) is 0 Å². The van der Waals surface area contributed by atoms with Crippen molar-refractivity contribution in [1.29, 1.82) is 0 Å². The second-order valence-electron chi connectivity index (χ2n) is 3.93. The van der Waals surface area contributed by atoms with Crippen molar-refractivity contribution in [3.63, 3.8) is 0 Å². The van der Waals surface area contributed by atoms with Crippen LogP contribution in [0.4, 0.5) is 0 Å². The third kappa shape index (κ3) is 3.25. The zero-order valence-electron chi connectivity index (χ0n) is 9.21. The second kappa shape index (κ2) is 5.75. The fourth-order valence-electron chi connectivity index (χ4n) is 1.67. The number of hydrogen-bond donors (Lipinski definition) is 0. The Bertz CT molecular complexity index is 522. The smallest absolute Gasteiger partial charge is 0.0595 e. The van der Waals surface area contributed by atoms with Crippen LogP contribution in [0.15, 0.2) is 29.0 Å². The number of thiophene rings is 1. The fraction of sp³-hybridized carbons (Fsp3) is 0.231. The lowest BCUT2D eigenvalue weighted by molar-refractivity contribution is 0.945. The monoisotopic (exact) mass is 348 g/mol. The summed E-state index contributed by atoms with van der Waals surface area (Å²) < 4.78 is 0. The molecule has 0 amide bonds. The lowest BCUT2D eigenvalue weighted by Crippen LogP contribution is -1.95. The Balaban J connectivity index is 2.16. The van der Waals surface area contributed by atoms with Gasteiger partial charge in [0, 0.05) is 4.83 Å². The van der Waals surface area contributed by atoms with Crippen LogP contribution in [0.3, 0.4) is 0 Å². The van der Waals surface area contributed by atoms with Crippen LogP contribution in [0.2, 0.25) is 10.0 Å². The van der Waals surface area contributed by atoms with Crippen LogP contribution in [0.25, 0.3) is 0 Å². The predicted octanol–water partition coefficient (Wildman–Crippen LogP) is 6.04. The molecule has 0 fully saturated rings. The van der Waals surface area contributed by atoms with E-state index in [9.17, 15) is 0 Å². The molecule has 4 heteroatoms. The number of hydrogen-bond acceptors (Lipinski definition) is 1. The molecule has 1 atom stereocenters. The molecule has 17 heavy (non-hydrogen) atoms. The second-order valence-corrected chi connectivity index (χ2v) is 6.59. The molecule has 0 N–H and O–H groups in total. The molecule has 1 heterocycles. The van der Waals surface area contributed by atoms with E-state index in [1.165, 1.54) is 16.7 Å². The van der Waals surface area contributed by atoms with Gasteiger partial charge in [0.25, 0.3) is 0 Å². The van der Waals surface area contributed by atoms with Crippen LogP contribution in [-0.2, 0) is 6.42 Å². The first kappa shape index (κ1) is 13.4. The van der Waals surface area contributed by atoms with E-state index in [2.05, 4.69) is 33.6 Å². The molecule has 0 bridgehead atoms. The zero-order chi connectivity index (χ0) is 12.4. The summed E-state index contributed by atoms with van der Waals surface area (Å²) in [4.78, 5) is 0.325. The molecule has 0 aliphatic heterocycles. The zero-order valence-corrected chi connectivity index (χ0v) is 13.1. The summed E-state index contributed by atoms with van der Waals surface area (Å²) in [5.74, 6) is 0. The van der Waals surface area contributed by atoms with Crippen molar-refractivity contribution in [2.45, 2.75) is 18.2 Å². The highest BCUT2D eigenvalue weighted by Gasteiger charge is 2.12. The molecule has 90 valence electrons. The minimum atomic E-state index is 0.325. The topological polar surface area (TPSA) is 0 Å². The molecule has 0 aliphatic rings. The summed E-state index contributed by atoms with van der Waals surface area (Å²) in [6.45, 7) is 2.13. The molecule has 0 aliphatic carbocycles. The van der Waals surface area contributed by atoms with Gasteiger partial charge in [-0.1, -0.05) is 45.2 Å². The lowest BCUT2D eigenvalue weighted by atomic mass is 10.0. The van der Waals surface area contributed by atoms with Crippen LogP contribution in [-0.4, -0.2) is 0 Å².